The van der Waals surface area contributed by atoms with Crippen LogP contribution in [0.4, 0.5) is 11.4 Å². The van der Waals surface area contributed by atoms with Crippen LogP contribution >= 0.6 is 15.9 Å². The van der Waals surface area contributed by atoms with E-state index >= 15 is 0 Å². The summed E-state index contributed by atoms with van der Waals surface area (Å²) in [6.45, 7) is 0. The molecule has 1 N–H and O–H groups in total. The van der Waals surface area contributed by atoms with Crippen LogP contribution in [-0.2, 0) is 4.74 Å². The Balaban J connectivity index is 1.98. The van der Waals surface area contributed by atoms with Crippen molar-refractivity contribution in [1.29, 1.82) is 0 Å². The van der Waals surface area contributed by atoms with Crippen molar-refractivity contribution in [3.05, 3.63) is 32.8 Å². The van der Waals surface area contributed by atoms with Gasteiger partial charge in [-0.25, -0.2) is 0 Å². The molecule has 1 saturated carbocycles. The van der Waals surface area contributed by atoms with Crippen molar-refractivity contribution in [3.8, 4) is 0 Å². The molecule has 0 unspecified atom stereocenters. The number of hydrogen-bond donors (Lipinski definition) is 1. The molecule has 0 atom stereocenters. The van der Waals surface area contributed by atoms with Crippen LogP contribution in [-0.4, -0.2) is 24.2 Å². The number of rotatable bonds is 4. The molecule has 1 fully saturated rings. The number of hydrogen-bond acceptors (Lipinski definition) is 4. The zero-order valence-corrected chi connectivity index (χ0v) is 12.4. The summed E-state index contributed by atoms with van der Waals surface area (Å²) in [4.78, 5) is 10.3. The number of anilines is 1. The molecule has 0 bridgehead atoms. The van der Waals surface area contributed by atoms with Crippen LogP contribution < -0.4 is 5.32 Å². The van der Waals surface area contributed by atoms with E-state index in [0.29, 0.717) is 12.1 Å². The lowest BCUT2D eigenvalue weighted by Gasteiger charge is -2.29. The van der Waals surface area contributed by atoms with Crippen LogP contribution in [0.2, 0.25) is 0 Å². The molecule has 6 heteroatoms. The van der Waals surface area contributed by atoms with E-state index in [1.807, 2.05) is 0 Å². The first kappa shape index (κ1) is 14.3. The van der Waals surface area contributed by atoms with Crippen molar-refractivity contribution in [2.24, 2.45) is 0 Å². The van der Waals surface area contributed by atoms with E-state index in [2.05, 4.69) is 21.2 Å². The van der Waals surface area contributed by atoms with Crippen LogP contribution in [0, 0.1) is 10.1 Å². The fraction of sp³-hybridized carbons (Fsp3) is 0.538. The number of nitrogens with zero attached hydrogens (tertiary/aromatic N) is 1. The van der Waals surface area contributed by atoms with Gasteiger partial charge in [-0.3, -0.25) is 10.1 Å². The Kier molecular flexibility index (Phi) is 4.76. The Labute approximate surface area is 120 Å². The molecule has 5 nitrogen and oxygen atoms in total. The van der Waals surface area contributed by atoms with Gasteiger partial charge in [0.1, 0.15) is 0 Å². The van der Waals surface area contributed by atoms with Gasteiger partial charge in [-0.1, -0.05) is 0 Å². The van der Waals surface area contributed by atoms with Crippen molar-refractivity contribution in [2.75, 3.05) is 12.4 Å². The predicted octanol–water partition coefficient (Wildman–Crippen LogP) is 3.73. The molecule has 0 amide bonds. The van der Waals surface area contributed by atoms with E-state index in [-0.39, 0.29) is 5.69 Å². The normalized spacial score (nSPS) is 23.1. The lowest BCUT2D eigenvalue weighted by molar-refractivity contribution is -0.384. The number of benzene rings is 1. The second-order valence-corrected chi connectivity index (χ2v) is 5.63. The fourth-order valence-corrected chi connectivity index (χ4v) is 2.88. The summed E-state index contributed by atoms with van der Waals surface area (Å²) in [5.41, 5.74) is 1.01. The Morgan fingerprint density at radius 1 is 1.37 bits per heavy atom. The zero-order chi connectivity index (χ0) is 13.8. The summed E-state index contributed by atoms with van der Waals surface area (Å²) in [6, 6.07) is 5.21. The number of nitro benzene ring substituents is 1. The number of nitrogens with one attached hydrogen (secondary N) is 1. The third kappa shape index (κ3) is 3.67. The summed E-state index contributed by atoms with van der Waals surface area (Å²) in [5, 5.41) is 14.1. The maximum absolute atomic E-state index is 10.7. The molecule has 0 saturated heterocycles. The number of halogens is 1. The quantitative estimate of drug-likeness (QED) is 0.675. The van der Waals surface area contributed by atoms with Gasteiger partial charge in [-0.15, -0.1) is 0 Å². The maximum atomic E-state index is 10.7. The number of methoxy groups -OCH3 is 1. The first-order valence-corrected chi connectivity index (χ1v) is 7.12. The minimum absolute atomic E-state index is 0.0977. The van der Waals surface area contributed by atoms with Crippen LogP contribution in [0.1, 0.15) is 25.7 Å². The van der Waals surface area contributed by atoms with Crippen molar-refractivity contribution in [2.45, 2.75) is 37.8 Å². The Hall–Kier alpha value is -1.14. The Morgan fingerprint density at radius 3 is 2.58 bits per heavy atom. The summed E-state index contributed by atoms with van der Waals surface area (Å²) in [6.07, 6.45) is 4.60. The lowest BCUT2D eigenvalue weighted by Crippen LogP contribution is -2.29. The SMILES string of the molecule is COC1CCC(Nc2ccc([N+](=O)[O-])cc2Br)CC1. The molecule has 0 radical (unpaired) electrons. The van der Waals surface area contributed by atoms with E-state index in [1.165, 1.54) is 12.1 Å². The van der Waals surface area contributed by atoms with Gasteiger partial charge in [0, 0.05) is 35.4 Å². The van der Waals surface area contributed by atoms with Crippen molar-refractivity contribution < 1.29 is 9.66 Å². The molecule has 1 aliphatic carbocycles. The minimum Gasteiger partial charge on any atom is -0.381 e. The second kappa shape index (κ2) is 6.34. The molecule has 0 heterocycles. The van der Waals surface area contributed by atoms with E-state index in [4.69, 9.17) is 4.74 Å². The molecule has 1 aromatic carbocycles. The monoisotopic (exact) mass is 328 g/mol. The van der Waals surface area contributed by atoms with Gasteiger partial charge in [0.25, 0.3) is 5.69 Å². The first-order valence-electron chi connectivity index (χ1n) is 6.33. The van der Waals surface area contributed by atoms with Gasteiger partial charge in [-0.2, -0.15) is 0 Å². The molecule has 0 aliphatic heterocycles. The summed E-state index contributed by atoms with van der Waals surface area (Å²) in [5.74, 6) is 0. The fourth-order valence-electron chi connectivity index (χ4n) is 2.40. The van der Waals surface area contributed by atoms with Crippen molar-refractivity contribution in [3.63, 3.8) is 0 Å². The molecule has 0 aromatic heterocycles. The summed E-state index contributed by atoms with van der Waals surface area (Å²) >= 11 is 3.38. The topological polar surface area (TPSA) is 64.4 Å². The van der Waals surface area contributed by atoms with Crippen molar-refractivity contribution in [1.82, 2.24) is 0 Å². The second-order valence-electron chi connectivity index (χ2n) is 4.77. The molecule has 2 rings (SSSR count). The standard InChI is InChI=1S/C13H17BrN2O3/c1-19-11-5-2-9(3-6-11)15-13-7-4-10(16(17)18)8-12(13)14/h4,7-9,11,15H,2-3,5-6H2,1H3. The predicted molar refractivity (Wildman–Crippen MR) is 77.5 cm³/mol. The largest absolute Gasteiger partial charge is 0.381 e. The smallest absolute Gasteiger partial charge is 0.270 e. The maximum Gasteiger partial charge on any atom is 0.270 e. The highest BCUT2D eigenvalue weighted by Crippen LogP contribution is 2.30. The van der Waals surface area contributed by atoms with Crippen molar-refractivity contribution >= 4 is 27.3 Å². The summed E-state index contributed by atoms with van der Waals surface area (Å²) in [7, 11) is 1.76. The first-order chi connectivity index (χ1) is 9.10. The van der Waals surface area contributed by atoms with Crippen LogP contribution in [0.25, 0.3) is 0 Å². The molecular formula is C13H17BrN2O3. The number of ether oxygens (including phenoxy) is 1. The molecule has 0 spiro atoms. The van der Waals surface area contributed by atoms with Gasteiger partial charge < -0.3 is 10.1 Å². The zero-order valence-electron chi connectivity index (χ0n) is 10.8. The van der Waals surface area contributed by atoms with E-state index in [1.54, 1.807) is 13.2 Å². The molecule has 19 heavy (non-hydrogen) atoms. The Bertz CT molecular complexity index is 459. The number of nitro groups is 1. The molecule has 1 aromatic rings. The van der Waals surface area contributed by atoms with Crippen LogP contribution in [0.15, 0.2) is 22.7 Å². The van der Waals surface area contributed by atoms with E-state index in [0.717, 1.165) is 35.8 Å². The van der Waals surface area contributed by atoms with Crippen LogP contribution in [0.5, 0.6) is 0 Å². The average Bonchev–Trinajstić information content (AvgIpc) is 2.41. The minimum atomic E-state index is -0.391. The molecule has 104 valence electrons. The van der Waals surface area contributed by atoms with Gasteiger partial charge in [0.2, 0.25) is 0 Å². The van der Waals surface area contributed by atoms with E-state index in [9.17, 15) is 10.1 Å². The van der Waals surface area contributed by atoms with E-state index < -0.39 is 4.92 Å². The Morgan fingerprint density at radius 2 is 2.05 bits per heavy atom. The van der Waals surface area contributed by atoms with Crippen LogP contribution in [0.3, 0.4) is 0 Å². The highest BCUT2D eigenvalue weighted by molar-refractivity contribution is 9.10. The highest BCUT2D eigenvalue weighted by atomic mass is 79.9. The molecular weight excluding hydrogens is 312 g/mol. The summed E-state index contributed by atoms with van der Waals surface area (Å²) < 4.78 is 6.08. The van der Waals surface area contributed by atoms with Gasteiger partial charge >= 0.3 is 0 Å². The molecule has 1 aliphatic rings. The third-order valence-corrected chi connectivity index (χ3v) is 4.19. The average molecular weight is 329 g/mol. The van der Waals surface area contributed by atoms with Gasteiger partial charge in [-0.05, 0) is 47.7 Å². The third-order valence-electron chi connectivity index (χ3n) is 3.53. The highest BCUT2D eigenvalue weighted by Gasteiger charge is 2.21. The lowest BCUT2D eigenvalue weighted by atomic mass is 9.93. The number of non-ortho nitro benzene ring substituents is 1. The van der Waals surface area contributed by atoms with Gasteiger partial charge in [0.05, 0.1) is 11.0 Å². The van der Waals surface area contributed by atoms with Gasteiger partial charge in [0.15, 0.2) is 0 Å².